The van der Waals surface area contributed by atoms with E-state index >= 15 is 0 Å². The zero-order chi connectivity index (χ0) is 24.0. The van der Waals surface area contributed by atoms with Crippen LogP contribution in [0.1, 0.15) is 11.1 Å². The number of carbonyl (C=O) groups is 1. The van der Waals surface area contributed by atoms with E-state index in [9.17, 15) is 17.6 Å². The molecule has 0 unspecified atom stereocenters. The van der Waals surface area contributed by atoms with Gasteiger partial charge in [-0.05, 0) is 59.7 Å². The smallest absolute Gasteiger partial charge is 0.243 e. The lowest BCUT2D eigenvalue weighted by molar-refractivity contribution is -0.130. The first kappa shape index (κ1) is 24.7. The summed E-state index contributed by atoms with van der Waals surface area (Å²) < 4.78 is 46.2. The minimum Gasteiger partial charge on any atom is -0.497 e. The van der Waals surface area contributed by atoms with Crippen molar-refractivity contribution in [1.82, 2.24) is 9.21 Å². The molecule has 0 N–H and O–H groups in total. The summed E-state index contributed by atoms with van der Waals surface area (Å²) in [7, 11) is -0.840. The van der Waals surface area contributed by atoms with Crippen LogP contribution in [0.25, 0.3) is 0 Å². The van der Waals surface area contributed by atoms with Crippen molar-refractivity contribution in [3.05, 3.63) is 94.8 Å². The number of hydrogen-bond donors (Lipinski definition) is 0. The predicted molar refractivity (Wildman–Crippen MR) is 125 cm³/mol. The van der Waals surface area contributed by atoms with Crippen molar-refractivity contribution < 1.29 is 22.3 Å². The van der Waals surface area contributed by atoms with Gasteiger partial charge in [0, 0.05) is 25.2 Å². The quantitative estimate of drug-likeness (QED) is 0.447. The molecule has 0 spiro atoms. The van der Waals surface area contributed by atoms with Crippen LogP contribution in [0.4, 0.5) is 4.39 Å². The van der Waals surface area contributed by atoms with E-state index in [1.807, 2.05) is 12.1 Å². The molecule has 0 saturated carbocycles. The molecule has 0 atom stereocenters. The van der Waals surface area contributed by atoms with Crippen molar-refractivity contribution in [1.29, 1.82) is 0 Å². The summed E-state index contributed by atoms with van der Waals surface area (Å²) in [6.07, 6.45) is 0. The first-order chi connectivity index (χ1) is 15.7. The molecule has 0 heterocycles. The fourth-order valence-electron chi connectivity index (χ4n) is 3.14. The van der Waals surface area contributed by atoms with Gasteiger partial charge in [0.25, 0.3) is 0 Å². The molecule has 0 aliphatic heterocycles. The van der Waals surface area contributed by atoms with Gasteiger partial charge < -0.3 is 9.64 Å². The topological polar surface area (TPSA) is 66.9 Å². The molecule has 0 radical (unpaired) electrons. The number of benzene rings is 3. The average Bonchev–Trinajstić information content (AvgIpc) is 2.80. The number of ether oxygens (including phenoxy) is 1. The Bertz CT molecular complexity index is 1180. The standard InChI is InChI=1S/C24H24ClFN2O4S/c1-27(15-18-5-11-22(32-2)12-6-18)24(29)17-28(16-19-3-9-21(26)10-4-19)33(30,31)23-13-7-20(25)8-14-23/h3-14H,15-17H2,1-2H3. The molecule has 33 heavy (non-hydrogen) atoms. The molecule has 9 heteroatoms. The number of sulfonamides is 1. The minimum atomic E-state index is -4.02. The van der Waals surface area contributed by atoms with Crippen LogP contribution in [0.5, 0.6) is 5.75 Å². The van der Waals surface area contributed by atoms with E-state index in [-0.39, 0.29) is 23.9 Å². The normalized spacial score (nSPS) is 11.4. The zero-order valence-electron chi connectivity index (χ0n) is 18.2. The Hall–Kier alpha value is -2.94. The number of hydrogen-bond acceptors (Lipinski definition) is 4. The highest BCUT2D eigenvalue weighted by Crippen LogP contribution is 2.21. The molecule has 0 aliphatic rings. The fourth-order valence-corrected chi connectivity index (χ4v) is 4.64. The predicted octanol–water partition coefficient (Wildman–Crippen LogP) is 4.34. The van der Waals surface area contributed by atoms with Crippen LogP contribution < -0.4 is 4.74 Å². The van der Waals surface area contributed by atoms with Gasteiger partial charge >= 0.3 is 0 Å². The molecular weight excluding hydrogens is 467 g/mol. The lowest BCUT2D eigenvalue weighted by Crippen LogP contribution is -2.40. The molecule has 3 aromatic carbocycles. The Balaban J connectivity index is 1.82. The molecule has 3 aromatic rings. The second-order valence-corrected chi connectivity index (χ2v) is 9.83. The van der Waals surface area contributed by atoms with Crippen molar-refractivity contribution in [2.75, 3.05) is 20.7 Å². The van der Waals surface area contributed by atoms with E-state index in [1.54, 1.807) is 26.3 Å². The lowest BCUT2D eigenvalue weighted by atomic mass is 10.2. The molecule has 3 rings (SSSR count). The molecular formula is C24H24ClFN2O4S. The molecule has 174 valence electrons. The largest absolute Gasteiger partial charge is 0.497 e. The molecule has 0 aliphatic carbocycles. The summed E-state index contributed by atoms with van der Waals surface area (Å²) in [5.74, 6) is -0.112. The van der Waals surface area contributed by atoms with Gasteiger partial charge in [-0.1, -0.05) is 35.9 Å². The van der Waals surface area contributed by atoms with Crippen LogP contribution in [0, 0.1) is 5.82 Å². The van der Waals surface area contributed by atoms with Crippen LogP contribution in [-0.4, -0.2) is 44.2 Å². The van der Waals surface area contributed by atoms with Crippen molar-refractivity contribution in [3.63, 3.8) is 0 Å². The van der Waals surface area contributed by atoms with E-state index in [4.69, 9.17) is 16.3 Å². The maximum atomic E-state index is 13.3. The summed E-state index contributed by atoms with van der Waals surface area (Å²) in [6.45, 7) is -0.170. The van der Waals surface area contributed by atoms with Crippen molar-refractivity contribution in [3.8, 4) is 5.75 Å². The molecule has 0 fully saturated rings. The van der Waals surface area contributed by atoms with Gasteiger partial charge in [0.1, 0.15) is 11.6 Å². The van der Waals surface area contributed by atoms with E-state index in [1.165, 1.54) is 53.4 Å². The van der Waals surface area contributed by atoms with Gasteiger partial charge in [0.05, 0.1) is 18.6 Å². The molecule has 6 nitrogen and oxygen atoms in total. The van der Waals surface area contributed by atoms with Crippen LogP contribution in [-0.2, 0) is 27.9 Å². The highest BCUT2D eigenvalue weighted by Gasteiger charge is 2.28. The van der Waals surface area contributed by atoms with Crippen LogP contribution in [0.3, 0.4) is 0 Å². The summed E-state index contributed by atoms with van der Waals surface area (Å²) in [5.41, 5.74) is 1.43. The van der Waals surface area contributed by atoms with E-state index in [0.717, 1.165) is 9.87 Å². The fraction of sp³-hybridized carbons (Fsp3) is 0.208. The lowest BCUT2D eigenvalue weighted by Gasteiger charge is -2.25. The number of rotatable bonds is 9. The van der Waals surface area contributed by atoms with Crippen LogP contribution in [0.15, 0.2) is 77.7 Å². The molecule has 0 aromatic heterocycles. The summed E-state index contributed by atoms with van der Waals surface area (Å²) in [4.78, 5) is 14.4. The van der Waals surface area contributed by atoms with E-state index < -0.39 is 15.8 Å². The van der Waals surface area contributed by atoms with E-state index in [2.05, 4.69) is 0 Å². The van der Waals surface area contributed by atoms with Gasteiger partial charge in [-0.2, -0.15) is 4.31 Å². The maximum absolute atomic E-state index is 13.3. The Labute approximate surface area is 198 Å². The maximum Gasteiger partial charge on any atom is 0.243 e. The highest BCUT2D eigenvalue weighted by molar-refractivity contribution is 7.89. The molecule has 0 bridgehead atoms. The van der Waals surface area contributed by atoms with Gasteiger partial charge in [-0.15, -0.1) is 0 Å². The first-order valence-electron chi connectivity index (χ1n) is 10.1. The number of likely N-dealkylation sites (N-methyl/N-ethyl adjacent to an activating group) is 1. The Morgan fingerprint density at radius 2 is 1.45 bits per heavy atom. The SMILES string of the molecule is COc1ccc(CN(C)C(=O)CN(Cc2ccc(F)cc2)S(=O)(=O)c2ccc(Cl)cc2)cc1. The highest BCUT2D eigenvalue weighted by atomic mass is 35.5. The minimum absolute atomic E-state index is 0.0135. The Kier molecular flexibility index (Phi) is 8.07. The van der Waals surface area contributed by atoms with Gasteiger partial charge in [0.2, 0.25) is 15.9 Å². The van der Waals surface area contributed by atoms with Crippen molar-refractivity contribution >= 4 is 27.5 Å². The van der Waals surface area contributed by atoms with Crippen LogP contribution >= 0.6 is 11.6 Å². The Morgan fingerprint density at radius 1 is 0.909 bits per heavy atom. The third-order valence-electron chi connectivity index (χ3n) is 5.04. The van der Waals surface area contributed by atoms with Gasteiger partial charge in [0.15, 0.2) is 0 Å². The average molecular weight is 491 g/mol. The van der Waals surface area contributed by atoms with Gasteiger partial charge in [-0.3, -0.25) is 4.79 Å². The Morgan fingerprint density at radius 3 is 2.03 bits per heavy atom. The van der Waals surface area contributed by atoms with Gasteiger partial charge in [-0.25, -0.2) is 12.8 Å². The summed E-state index contributed by atoms with van der Waals surface area (Å²) in [6, 6.07) is 18.5. The summed E-state index contributed by atoms with van der Waals surface area (Å²) in [5, 5.41) is 0.398. The second kappa shape index (κ2) is 10.8. The number of halogens is 2. The zero-order valence-corrected chi connectivity index (χ0v) is 19.8. The number of amides is 1. The van der Waals surface area contributed by atoms with Crippen LogP contribution in [0.2, 0.25) is 5.02 Å². The molecule has 1 amide bonds. The van der Waals surface area contributed by atoms with E-state index in [0.29, 0.717) is 22.9 Å². The second-order valence-electron chi connectivity index (χ2n) is 7.45. The third kappa shape index (κ3) is 6.54. The van der Waals surface area contributed by atoms with Crippen molar-refractivity contribution in [2.24, 2.45) is 0 Å². The third-order valence-corrected chi connectivity index (χ3v) is 7.10. The number of nitrogens with zero attached hydrogens (tertiary/aromatic N) is 2. The monoisotopic (exact) mass is 490 g/mol. The summed E-state index contributed by atoms with van der Waals surface area (Å²) >= 11 is 5.90. The first-order valence-corrected chi connectivity index (χ1v) is 11.9. The molecule has 0 saturated heterocycles. The number of methoxy groups -OCH3 is 1. The number of carbonyl (C=O) groups excluding carboxylic acids is 1. The van der Waals surface area contributed by atoms with Crippen molar-refractivity contribution in [2.45, 2.75) is 18.0 Å².